The second kappa shape index (κ2) is 4.63. The van der Waals surface area contributed by atoms with Crippen LogP contribution in [0.15, 0.2) is 0 Å². The van der Waals surface area contributed by atoms with Gasteiger partial charge in [0.2, 0.25) is 0 Å². The van der Waals surface area contributed by atoms with Crippen LogP contribution in [-0.4, -0.2) is 18.8 Å². The topological polar surface area (TPSA) is 35.2 Å². The molecular formula is C12H23NO. The Hall–Kier alpha value is -0.0800. The number of hydrogen-bond donors (Lipinski definition) is 1. The van der Waals surface area contributed by atoms with E-state index in [0.717, 1.165) is 18.4 Å². The lowest BCUT2D eigenvalue weighted by molar-refractivity contribution is -0.0905. The van der Waals surface area contributed by atoms with Crippen LogP contribution in [0.2, 0.25) is 0 Å². The molecule has 0 aromatic heterocycles. The molecule has 0 saturated heterocycles. The number of ether oxygens (including phenoxy) is 1. The molecule has 0 aromatic carbocycles. The van der Waals surface area contributed by atoms with Crippen molar-refractivity contribution in [3.63, 3.8) is 0 Å². The first-order valence-corrected chi connectivity index (χ1v) is 6.13. The average Bonchev–Trinajstić information content (AvgIpc) is 2.10. The minimum Gasteiger partial charge on any atom is -0.375 e. The van der Waals surface area contributed by atoms with Gasteiger partial charge >= 0.3 is 0 Å². The van der Waals surface area contributed by atoms with E-state index in [9.17, 15) is 0 Å². The molecule has 0 spiro atoms. The van der Waals surface area contributed by atoms with Crippen LogP contribution in [-0.2, 0) is 4.74 Å². The SMILES string of the molecule is CC1CCCC(OC2CC(CN)C2)C1. The minimum atomic E-state index is 0.541. The Morgan fingerprint density at radius 3 is 2.57 bits per heavy atom. The van der Waals surface area contributed by atoms with Gasteiger partial charge in [0.15, 0.2) is 0 Å². The molecule has 82 valence electrons. The molecule has 2 aliphatic carbocycles. The van der Waals surface area contributed by atoms with Crippen LogP contribution in [0.5, 0.6) is 0 Å². The van der Waals surface area contributed by atoms with Crippen LogP contribution in [0.1, 0.15) is 45.4 Å². The summed E-state index contributed by atoms with van der Waals surface area (Å²) in [5, 5.41) is 0. The largest absolute Gasteiger partial charge is 0.375 e. The maximum atomic E-state index is 6.07. The van der Waals surface area contributed by atoms with Gasteiger partial charge in [-0.25, -0.2) is 0 Å². The van der Waals surface area contributed by atoms with E-state index < -0.39 is 0 Å². The zero-order valence-corrected chi connectivity index (χ0v) is 9.24. The highest BCUT2D eigenvalue weighted by atomic mass is 16.5. The van der Waals surface area contributed by atoms with Crippen LogP contribution in [0.4, 0.5) is 0 Å². The Bertz CT molecular complexity index is 177. The summed E-state index contributed by atoms with van der Waals surface area (Å²) in [5.41, 5.74) is 5.60. The molecule has 0 radical (unpaired) electrons. The van der Waals surface area contributed by atoms with E-state index in [1.807, 2.05) is 0 Å². The maximum Gasteiger partial charge on any atom is 0.0585 e. The molecule has 0 bridgehead atoms. The highest BCUT2D eigenvalue weighted by molar-refractivity contribution is 4.82. The number of rotatable bonds is 3. The van der Waals surface area contributed by atoms with Crippen molar-refractivity contribution < 1.29 is 4.74 Å². The smallest absolute Gasteiger partial charge is 0.0585 e. The lowest BCUT2D eigenvalue weighted by Gasteiger charge is -2.38. The summed E-state index contributed by atoms with van der Waals surface area (Å²) in [5.74, 6) is 1.63. The molecule has 2 fully saturated rings. The van der Waals surface area contributed by atoms with Gasteiger partial charge in [0.1, 0.15) is 0 Å². The highest BCUT2D eigenvalue weighted by Crippen LogP contribution is 2.34. The van der Waals surface area contributed by atoms with E-state index in [-0.39, 0.29) is 0 Å². The Balaban J connectivity index is 1.66. The molecule has 2 nitrogen and oxygen atoms in total. The Morgan fingerprint density at radius 1 is 1.14 bits per heavy atom. The first kappa shape index (κ1) is 10.4. The number of hydrogen-bond acceptors (Lipinski definition) is 2. The van der Waals surface area contributed by atoms with E-state index in [4.69, 9.17) is 10.5 Å². The standard InChI is InChI=1S/C12H23NO/c1-9-3-2-4-11(5-9)14-12-6-10(7-12)8-13/h9-12H,2-8,13H2,1H3. The summed E-state index contributed by atoms with van der Waals surface area (Å²) >= 11 is 0. The molecule has 2 saturated carbocycles. The summed E-state index contributed by atoms with van der Waals surface area (Å²) in [6.45, 7) is 3.19. The molecule has 2 atom stereocenters. The fraction of sp³-hybridized carbons (Fsp3) is 1.00. The van der Waals surface area contributed by atoms with Crippen molar-refractivity contribution in [2.45, 2.75) is 57.7 Å². The van der Waals surface area contributed by atoms with Crippen LogP contribution in [0.25, 0.3) is 0 Å². The predicted octanol–water partition coefficient (Wildman–Crippen LogP) is 2.32. The quantitative estimate of drug-likeness (QED) is 0.753. The van der Waals surface area contributed by atoms with Crippen molar-refractivity contribution in [3.8, 4) is 0 Å². The van der Waals surface area contributed by atoms with Gasteiger partial charge in [0, 0.05) is 0 Å². The fourth-order valence-corrected chi connectivity index (χ4v) is 2.75. The normalized spacial score (nSPS) is 43.3. The van der Waals surface area contributed by atoms with Crippen LogP contribution >= 0.6 is 0 Å². The molecule has 2 N–H and O–H groups in total. The van der Waals surface area contributed by atoms with Crippen LogP contribution < -0.4 is 5.73 Å². The van der Waals surface area contributed by atoms with Gasteiger partial charge in [-0.1, -0.05) is 19.8 Å². The molecule has 2 unspecified atom stereocenters. The van der Waals surface area contributed by atoms with E-state index in [1.165, 1.54) is 38.5 Å². The lowest BCUT2D eigenvalue weighted by Crippen LogP contribution is -2.39. The Morgan fingerprint density at radius 2 is 1.93 bits per heavy atom. The molecular weight excluding hydrogens is 174 g/mol. The van der Waals surface area contributed by atoms with E-state index in [2.05, 4.69) is 6.92 Å². The molecule has 2 aliphatic rings. The van der Waals surface area contributed by atoms with Gasteiger partial charge in [0.05, 0.1) is 12.2 Å². The third-order valence-corrected chi connectivity index (χ3v) is 3.80. The van der Waals surface area contributed by atoms with Gasteiger partial charge in [-0.2, -0.15) is 0 Å². The predicted molar refractivity (Wildman–Crippen MR) is 58.1 cm³/mol. The van der Waals surface area contributed by atoms with E-state index >= 15 is 0 Å². The van der Waals surface area contributed by atoms with Gasteiger partial charge in [0.25, 0.3) is 0 Å². The van der Waals surface area contributed by atoms with Crippen LogP contribution in [0, 0.1) is 11.8 Å². The van der Waals surface area contributed by atoms with Crippen molar-refractivity contribution in [3.05, 3.63) is 0 Å². The summed E-state index contributed by atoms with van der Waals surface area (Å²) in [4.78, 5) is 0. The minimum absolute atomic E-state index is 0.541. The van der Waals surface area contributed by atoms with Gasteiger partial charge < -0.3 is 10.5 Å². The average molecular weight is 197 g/mol. The molecule has 2 heteroatoms. The van der Waals surface area contributed by atoms with Gasteiger partial charge in [-0.05, 0) is 44.1 Å². The Kier molecular flexibility index (Phi) is 3.45. The van der Waals surface area contributed by atoms with Crippen molar-refractivity contribution in [2.75, 3.05) is 6.54 Å². The summed E-state index contributed by atoms with van der Waals surface area (Å²) < 4.78 is 6.07. The van der Waals surface area contributed by atoms with Gasteiger partial charge in [-0.3, -0.25) is 0 Å². The Labute approximate surface area is 87.2 Å². The van der Waals surface area contributed by atoms with Crippen molar-refractivity contribution in [1.29, 1.82) is 0 Å². The van der Waals surface area contributed by atoms with E-state index in [1.54, 1.807) is 0 Å². The molecule has 0 aliphatic heterocycles. The monoisotopic (exact) mass is 197 g/mol. The molecule has 14 heavy (non-hydrogen) atoms. The van der Waals surface area contributed by atoms with Crippen molar-refractivity contribution in [1.82, 2.24) is 0 Å². The zero-order chi connectivity index (χ0) is 9.97. The third-order valence-electron chi connectivity index (χ3n) is 3.80. The summed E-state index contributed by atoms with van der Waals surface area (Å²) in [6, 6.07) is 0. The van der Waals surface area contributed by atoms with E-state index in [0.29, 0.717) is 12.2 Å². The highest BCUT2D eigenvalue weighted by Gasteiger charge is 2.31. The molecule has 0 amide bonds. The van der Waals surface area contributed by atoms with Crippen LogP contribution in [0.3, 0.4) is 0 Å². The lowest BCUT2D eigenvalue weighted by atomic mass is 9.81. The number of nitrogens with two attached hydrogens (primary N) is 1. The first-order chi connectivity index (χ1) is 6.78. The summed E-state index contributed by atoms with van der Waals surface area (Å²) in [7, 11) is 0. The van der Waals surface area contributed by atoms with Crippen molar-refractivity contribution in [2.24, 2.45) is 17.6 Å². The summed E-state index contributed by atoms with van der Waals surface area (Å²) in [6.07, 6.45) is 8.84. The molecule has 2 rings (SSSR count). The molecule has 0 heterocycles. The maximum absolute atomic E-state index is 6.07. The van der Waals surface area contributed by atoms with Gasteiger partial charge in [-0.15, -0.1) is 0 Å². The fourth-order valence-electron chi connectivity index (χ4n) is 2.75. The second-order valence-electron chi connectivity index (χ2n) is 5.23. The first-order valence-electron chi connectivity index (χ1n) is 6.13. The zero-order valence-electron chi connectivity index (χ0n) is 9.24. The second-order valence-corrected chi connectivity index (χ2v) is 5.23. The van der Waals surface area contributed by atoms with Crippen molar-refractivity contribution >= 4 is 0 Å². The third kappa shape index (κ3) is 2.48. The molecule has 0 aromatic rings.